The molecule has 18 heavy (non-hydrogen) atoms. The van der Waals surface area contributed by atoms with Gasteiger partial charge < -0.3 is 14.2 Å². The normalized spacial score (nSPS) is 21.9. The molecular weight excluding hydrogens is 236 g/mol. The molecular formula is C13H12O5. The molecule has 0 aliphatic carbocycles. The van der Waals surface area contributed by atoms with Crippen LogP contribution in [-0.2, 0) is 9.47 Å². The lowest BCUT2D eigenvalue weighted by Gasteiger charge is -2.12. The minimum Gasteiger partial charge on any atom is -0.490 e. The number of esters is 2. The Balaban J connectivity index is 1.80. The van der Waals surface area contributed by atoms with Crippen molar-refractivity contribution in [3.63, 3.8) is 0 Å². The third-order valence-electron chi connectivity index (χ3n) is 3.08. The van der Waals surface area contributed by atoms with Gasteiger partial charge in [0.25, 0.3) is 0 Å². The summed E-state index contributed by atoms with van der Waals surface area (Å²) in [6.45, 7) is 1.14. The van der Waals surface area contributed by atoms with E-state index in [0.717, 1.165) is 19.4 Å². The lowest BCUT2D eigenvalue weighted by atomic mass is 10.1. The second-order valence-corrected chi connectivity index (χ2v) is 4.30. The topological polar surface area (TPSA) is 61.8 Å². The molecule has 94 valence electrons. The molecule has 1 aromatic carbocycles. The van der Waals surface area contributed by atoms with E-state index in [2.05, 4.69) is 4.74 Å². The van der Waals surface area contributed by atoms with Crippen molar-refractivity contribution in [3.05, 3.63) is 29.3 Å². The highest BCUT2D eigenvalue weighted by Gasteiger charge is 2.33. The van der Waals surface area contributed by atoms with Gasteiger partial charge in [-0.05, 0) is 25.0 Å². The van der Waals surface area contributed by atoms with Crippen molar-refractivity contribution in [2.45, 2.75) is 18.9 Å². The zero-order valence-electron chi connectivity index (χ0n) is 9.68. The second-order valence-electron chi connectivity index (χ2n) is 4.30. The van der Waals surface area contributed by atoms with Crippen LogP contribution in [0, 0.1) is 0 Å². The Morgan fingerprint density at radius 3 is 2.94 bits per heavy atom. The summed E-state index contributed by atoms with van der Waals surface area (Å²) in [5.74, 6) is -0.866. The molecule has 0 radical (unpaired) electrons. The molecule has 0 N–H and O–H groups in total. The van der Waals surface area contributed by atoms with Gasteiger partial charge in [-0.1, -0.05) is 6.07 Å². The molecule has 1 fully saturated rings. The van der Waals surface area contributed by atoms with Gasteiger partial charge in [-0.25, -0.2) is 9.59 Å². The SMILES string of the molecule is O=C1OC(=O)c2c(OCC3CCCO3)cccc21. The van der Waals surface area contributed by atoms with Gasteiger partial charge in [0.2, 0.25) is 0 Å². The lowest BCUT2D eigenvalue weighted by Crippen LogP contribution is -2.17. The van der Waals surface area contributed by atoms with Crippen molar-refractivity contribution in [1.82, 2.24) is 0 Å². The number of hydrogen-bond acceptors (Lipinski definition) is 5. The first-order valence-electron chi connectivity index (χ1n) is 5.89. The number of benzene rings is 1. The van der Waals surface area contributed by atoms with Crippen LogP contribution < -0.4 is 4.74 Å². The Hall–Kier alpha value is -1.88. The van der Waals surface area contributed by atoms with Crippen molar-refractivity contribution in [2.24, 2.45) is 0 Å². The fourth-order valence-electron chi connectivity index (χ4n) is 2.18. The van der Waals surface area contributed by atoms with Crippen LogP contribution in [0.25, 0.3) is 0 Å². The number of carbonyl (C=O) groups is 2. The summed E-state index contributed by atoms with van der Waals surface area (Å²) in [7, 11) is 0. The minimum absolute atomic E-state index is 0.0639. The van der Waals surface area contributed by atoms with Gasteiger partial charge in [0.1, 0.15) is 17.9 Å². The number of rotatable bonds is 3. The molecule has 1 saturated heterocycles. The van der Waals surface area contributed by atoms with E-state index in [4.69, 9.17) is 9.47 Å². The molecule has 0 saturated carbocycles. The largest absolute Gasteiger partial charge is 0.490 e. The van der Waals surface area contributed by atoms with Crippen LogP contribution in [0.2, 0.25) is 0 Å². The number of hydrogen-bond donors (Lipinski definition) is 0. The van der Waals surface area contributed by atoms with E-state index >= 15 is 0 Å². The van der Waals surface area contributed by atoms with Crippen LogP contribution >= 0.6 is 0 Å². The molecule has 0 aromatic heterocycles. The van der Waals surface area contributed by atoms with Crippen molar-refractivity contribution in [2.75, 3.05) is 13.2 Å². The molecule has 2 heterocycles. The summed E-state index contributed by atoms with van der Waals surface area (Å²) in [6.07, 6.45) is 2.05. The fourth-order valence-corrected chi connectivity index (χ4v) is 2.18. The van der Waals surface area contributed by atoms with Crippen LogP contribution in [0.1, 0.15) is 33.6 Å². The predicted molar refractivity (Wildman–Crippen MR) is 60.7 cm³/mol. The summed E-state index contributed by atoms with van der Waals surface area (Å²) in [4.78, 5) is 22.9. The van der Waals surface area contributed by atoms with Crippen molar-refractivity contribution >= 4 is 11.9 Å². The summed E-state index contributed by atoms with van der Waals surface area (Å²) in [5.41, 5.74) is 0.491. The zero-order chi connectivity index (χ0) is 12.5. The number of carbonyl (C=O) groups excluding carboxylic acids is 2. The average molecular weight is 248 g/mol. The molecule has 5 heteroatoms. The van der Waals surface area contributed by atoms with Crippen LogP contribution in [-0.4, -0.2) is 31.3 Å². The second kappa shape index (κ2) is 4.42. The molecule has 1 aromatic rings. The first-order valence-corrected chi connectivity index (χ1v) is 5.89. The monoisotopic (exact) mass is 248 g/mol. The smallest absolute Gasteiger partial charge is 0.350 e. The number of ether oxygens (including phenoxy) is 3. The van der Waals surface area contributed by atoms with E-state index in [0.29, 0.717) is 12.4 Å². The van der Waals surface area contributed by atoms with E-state index in [1.165, 1.54) is 0 Å². The molecule has 1 atom stereocenters. The quantitative estimate of drug-likeness (QED) is 0.600. The van der Waals surface area contributed by atoms with Gasteiger partial charge in [0.15, 0.2) is 0 Å². The van der Waals surface area contributed by atoms with Crippen LogP contribution in [0.4, 0.5) is 0 Å². The van der Waals surface area contributed by atoms with Gasteiger partial charge in [-0.15, -0.1) is 0 Å². The highest BCUT2D eigenvalue weighted by Crippen LogP contribution is 2.29. The Morgan fingerprint density at radius 1 is 1.28 bits per heavy atom. The summed E-state index contributed by atoms with van der Waals surface area (Å²) >= 11 is 0. The molecule has 0 bridgehead atoms. The maximum atomic E-state index is 11.5. The molecule has 3 rings (SSSR count). The Morgan fingerprint density at radius 2 is 2.17 bits per heavy atom. The number of cyclic esters (lactones) is 2. The van der Waals surface area contributed by atoms with E-state index < -0.39 is 11.9 Å². The van der Waals surface area contributed by atoms with Gasteiger partial charge >= 0.3 is 11.9 Å². The molecule has 1 unspecified atom stereocenters. The van der Waals surface area contributed by atoms with E-state index in [1.54, 1.807) is 18.2 Å². The van der Waals surface area contributed by atoms with Crippen LogP contribution in [0.15, 0.2) is 18.2 Å². The van der Waals surface area contributed by atoms with Crippen molar-refractivity contribution < 1.29 is 23.8 Å². The Labute approximate surface area is 104 Å². The van der Waals surface area contributed by atoms with Gasteiger partial charge in [0.05, 0.1) is 11.7 Å². The lowest BCUT2D eigenvalue weighted by molar-refractivity contribution is 0.0438. The fraction of sp³-hybridized carbons (Fsp3) is 0.385. The maximum Gasteiger partial charge on any atom is 0.350 e. The summed E-state index contributed by atoms with van der Waals surface area (Å²) in [5, 5.41) is 0. The highest BCUT2D eigenvalue weighted by atomic mass is 16.6. The Bertz CT molecular complexity index is 502. The standard InChI is InChI=1S/C13H12O5/c14-12-9-4-1-5-10(11(9)13(15)18-12)17-7-8-3-2-6-16-8/h1,4-5,8H,2-3,6-7H2. The van der Waals surface area contributed by atoms with E-state index in [9.17, 15) is 9.59 Å². The molecule has 2 aliphatic rings. The van der Waals surface area contributed by atoms with Gasteiger partial charge in [-0.3, -0.25) is 0 Å². The Kier molecular flexibility index (Phi) is 2.76. The van der Waals surface area contributed by atoms with E-state index in [-0.39, 0.29) is 17.2 Å². The minimum atomic E-state index is -0.641. The van der Waals surface area contributed by atoms with Gasteiger partial charge in [0, 0.05) is 6.61 Å². The highest BCUT2D eigenvalue weighted by molar-refractivity contribution is 6.16. The summed E-state index contributed by atoms with van der Waals surface area (Å²) < 4.78 is 15.6. The summed E-state index contributed by atoms with van der Waals surface area (Å²) in [6, 6.07) is 4.89. The predicted octanol–water partition coefficient (Wildman–Crippen LogP) is 1.55. The molecule has 5 nitrogen and oxygen atoms in total. The van der Waals surface area contributed by atoms with Crippen molar-refractivity contribution in [1.29, 1.82) is 0 Å². The zero-order valence-corrected chi connectivity index (χ0v) is 9.68. The average Bonchev–Trinajstić information content (AvgIpc) is 2.97. The first-order chi connectivity index (χ1) is 8.75. The molecule has 0 spiro atoms. The van der Waals surface area contributed by atoms with Gasteiger partial charge in [-0.2, -0.15) is 0 Å². The van der Waals surface area contributed by atoms with Crippen molar-refractivity contribution in [3.8, 4) is 5.75 Å². The van der Waals surface area contributed by atoms with Crippen LogP contribution in [0.5, 0.6) is 5.75 Å². The third-order valence-corrected chi connectivity index (χ3v) is 3.08. The first kappa shape index (κ1) is 11.2. The van der Waals surface area contributed by atoms with Crippen LogP contribution in [0.3, 0.4) is 0 Å². The molecule has 0 amide bonds. The number of fused-ring (bicyclic) bond motifs is 1. The third kappa shape index (κ3) is 1.86. The van der Waals surface area contributed by atoms with E-state index in [1.807, 2.05) is 0 Å². The molecule has 2 aliphatic heterocycles. The maximum absolute atomic E-state index is 11.5.